The summed E-state index contributed by atoms with van der Waals surface area (Å²) in [6, 6.07) is 0. The third kappa shape index (κ3) is 4.57. The number of likely N-dealkylation sites (tertiary alicyclic amines) is 1. The molecule has 3 rings (SSSR count). The number of rotatable bonds is 6. The van der Waals surface area contributed by atoms with Crippen molar-refractivity contribution in [2.45, 2.75) is 64.7 Å². The first-order chi connectivity index (χ1) is 11.2. The summed E-state index contributed by atoms with van der Waals surface area (Å²) >= 11 is 0. The van der Waals surface area contributed by atoms with E-state index in [4.69, 9.17) is 9.73 Å². The quantitative estimate of drug-likeness (QED) is 0.378. The highest BCUT2D eigenvalue weighted by Gasteiger charge is 2.43. The molecule has 0 aromatic rings. The van der Waals surface area contributed by atoms with Crippen molar-refractivity contribution < 1.29 is 4.74 Å². The molecule has 0 aromatic heterocycles. The van der Waals surface area contributed by atoms with Gasteiger partial charge in [-0.3, -0.25) is 4.99 Å². The molecule has 3 aliphatic rings. The highest BCUT2D eigenvalue weighted by Crippen LogP contribution is 2.48. The van der Waals surface area contributed by atoms with Crippen LogP contribution in [0.15, 0.2) is 4.99 Å². The molecule has 3 fully saturated rings. The van der Waals surface area contributed by atoms with E-state index in [-0.39, 0.29) is 24.0 Å². The number of aliphatic imine (C=N–C) groups is 1. The zero-order valence-corrected chi connectivity index (χ0v) is 17.9. The molecule has 24 heavy (non-hydrogen) atoms. The van der Waals surface area contributed by atoms with Crippen molar-refractivity contribution in [3.05, 3.63) is 0 Å². The Morgan fingerprint density at radius 3 is 2.42 bits per heavy atom. The Morgan fingerprint density at radius 1 is 1.12 bits per heavy atom. The SMILES string of the molecule is CCNC(=NCC1(CCOC)CCCC1)N1CCC2(CCC2)C1.I. The van der Waals surface area contributed by atoms with E-state index in [1.807, 2.05) is 7.11 Å². The summed E-state index contributed by atoms with van der Waals surface area (Å²) in [6.45, 7) is 7.41. The third-order valence-electron chi connectivity index (χ3n) is 6.55. The second-order valence-electron chi connectivity index (χ2n) is 8.15. The fourth-order valence-electron chi connectivity index (χ4n) is 4.80. The molecule has 0 aromatic carbocycles. The smallest absolute Gasteiger partial charge is 0.193 e. The molecule has 0 amide bonds. The van der Waals surface area contributed by atoms with Gasteiger partial charge in [0, 0.05) is 39.9 Å². The Hall–Kier alpha value is -0.0400. The molecule has 1 saturated heterocycles. The van der Waals surface area contributed by atoms with Crippen molar-refractivity contribution in [2.24, 2.45) is 15.8 Å². The first-order valence-electron chi connectivity index (χ1n) is 9.73. The van der Waals surface area contributed by atoms with Crippen LogP contribution < -0.4 is 5.32 Å². The number of nitrogens with one attached hydrogen (secondary N) is 1. The molecule has 140 valence electrons. The van der Waals surface area contributed by atoms with Crippen LogP contribution in [0.4, 0.5) is 0 Å². The van der Waals surface area contributed by atoms with E-state index in [0.717, 1.165) is 26.1 Å². The van der Waals surface area contributed by atoms with Crippen LogP contribution in [0.3, 0.4) is 0 Å². The van der Waals surface area contributed by atoms with Gasteiger partial charge >= 0.3 is 0 Å². The Morgan fingerprint density at radius 2 is 1.88 bits per heavy atom. The van der Waals surface area contributed by atoms with Crippen LogP contribution in [0.2, 0.25) is 0 Å². The lowest BCUT2D eigenvalue weighted by Crippen LogP contribution is -2.43. The number of hydrogen-bond acceptors (Lipinski definition) is 2. The van der Waals surface area contributed by atoms with E-state index >= 15 is 0 Å². The molecule has 2 aliphatic carbocycles. The molecular formula is C19H36IN3O. The number of nitrogens with zero attached hydrogens (tertiary/aromatic N) is 2. The minimum absolute atomic E-state index is 0. The number of ether oxygens (including phenoxy) is 1. The van der Waals surface area contributed by atoms with Crippen LogP contribution in [-0.4, -0.2) is 50.8 Å². The molecule has 0 radical (unpaired) electrons. The van der Waals surface area contributed by atoms with Gasteiger partial charge in [-0.25, -0.2) is 0 Å². The average molecular weight is 449 g/mol. The largest absolute Gasteiger partial charge is 0.385 e. The molecule has 1 aliphatic heterocycles. The van der Waals surface area contributed by atoms with Gasteiger partial charge in [-0.2, -0.15) is 0 Å². The summed E-state index contributed by atoms with van der Waals surface area (Å²) in [5.74, 6) is 1.17. The zero-order chi connectivity index (χ0) is 16.2. The number of guanidine groups is 1. The maximum atomic E-state index is 5.36. The molecule has 5 heteroatoms. The summed E-state index contributed by atoms with van der Waals surface area (Å²) in [5, 5.41) is 3.55. The summed E-state index contributed by atoms with van der Waals surface area (Å²) in [7, 11) is 1.82. The first-order valence-corrected chi connectivity index (χ1v) is 9.73. The Bertz CT molecular complexity index is 417. The number of methoxy groups -OCH3 is 1. The minimum atomic E-state index is 0. The predicted octanol–water partition coefficient (Wildman–Crippen LogP) is 4.04. The van der Waals surface area contributed by atoms with Crippen molar-refractivity contribution in [1.29, 1.82) is 0 Å². The van der Waals surface area contributed by atoms with E-state index in [1.54, 1.807) is 0 Å². The van der Waals surface area contributed by atoms with Crippen LogP contribution in [0.1, 0.15) is 64.7 Å². The van der Waals surface area contributed by atoms with E-state index in [0.29, 0.717) is 10.8 Å². The standard InChI is InChI=1S/C19H35N3O.HI/c1-3-20-17(22-13-11-19(16-22)9-6-10-19)21-15-18(12-14-23-2)7-4-5-8-18;/h3-16H2,1-2H3,(H,20,21);1H. The van der Waals surface area contributed by atoms with Crippen molar-refractivity contribution in [1.82, 2.24) is 10.2 Å². The molecule has 4 nitrogen and oxygen atoms in total. The maximum absolute atomic E-state index is 5.36. The Labute approximate surface area is 165 Å². The molecule has 0 atom stereocenters. The minimum Gasteiger partial charge on any atom is -0.385 e. The average Bonchev–Trinajstić information content (AvgIpc) is 3.17. The van der Waals surface area contributed by atoms with Crippen molar-refractivity contribution in [3.63, 3.8) is 0 Å². The lowest BCUT2D eigenvalue weighted by molar-refractivity contribution is 0.140. The third-order valence-corrected chi connectivity index (χ3v) is 6.55. The topological polar surface area (TPSA) is 36.9 Å². The Balaban J connectivity index is 0.00000208. The van der Waals surface area contributed by atoms with Gasteiger partial charge in [0.05, 0.1) is 0 Å². The van der Waals surface area contributed by atoms with E-state index in [9.17, 15) is 0 Å². The van der Waals surface area contributed by atoms with Crippen molar-refractivity contribution in [3.8, 4) is 0 Å². The van der Waals surface area contributed by atoms with Gasteiger partial charge < -0.3 is 15.0 Å². The van der Waals surface area contributed by atoms with Crippen LogP contribution in [0.25, 0.3) is 0 Å². The highest BCUT2D eigenvalue weighted by molar-refractivity contribution is 14.0. The van der Waals surface area contributed by atoms with Gasteiger partial charge in [-0.15, -0.1) is 24.0 Å². The van der Waals surface area contributed by atoms with Gasteiger partial charge in [0.15, 0.2) is 5.96 Å². The predicted molar refractivity (Wildman–Crippen MR) is 111 cm³/mol. The van der Waals surface area contributed by atoms with Crippen molar-refractivity contribution >= 4 is 29.9 Å². The fraction of sp³-hybridized carbons (Fsp3) is 0.947. The van der Waals surface area contributed by atoms with Gasteiger partial charge in [0.25, 0.3) is 0 Å². The molecule has 1 N–H and O–H groups in total. The second-order valence-corrected chi connectivity index (χ2v) is 8.15. The van der Waals surface area contributed by atoms with Gasteiger partial charge in [0.2, 0.25) is 0 Å². The van der Waals surface area contributed by atoms with Crippen LogP contribution >= 0.6 is 24.0 Å². The van der Waals surface area contributed by atoms with Crippen LogP contribution in [0, 0.1) is 10.8 Å². The Kier molecular flexibility index (Phi) is 7.65. The fourth-order valence-corrected chi connectivity index (χ4v) is 4.80. The van der Waals surface area contributed by atoms with Gasteiger partial charge in [-0.1, -0.05) is 19.3 Å². The molecular weight excluding hydrogens is 413 g/mol. The summed E-state index contributed by atoms with van der Waals surface area (Å²) < 4.78 is 5.36. The molecule has 0 bridgehead atoms. The summed E-state index contributed by atoms with van der Waals surface area (Å²) in [6.07, 6.45) is 12.2. The summed E-state index contributed by atoms with van der Waals surface area (Å²) in [4.78, 5) is 7.63. The van der Waals surface area contributed by atoms with Crippen LogP contribution in [0.5, 0.6) is 0 Å². The molecule has 0 unspecified atom stereocenters. The molecule has 1 heterocycles. The van der Waals surface area contributed by atoms with Gasteiger partial charge in [-0.05, 0) is 56.3 Å². The van der Waals surface area contributed by atoms with E-state index < -0.39 is 0 Å². The first kappa shape index (κ1) is 20.3. The highest BCUT2D eigenvalue weighted by atomic mass is 127. The zero-order valence-electron chi connectivity index (χ0n) is 15.6. The molecule has 2 saturated carbocycles. The number of hydrogen-bond donors (Lipinski definition) is 1. The lowest BCUT2D eigenvalue weighted by Gasteiger charge is -2.38. The lowest BCUT2D eigenvalue weighted by atomic mass is 9.68. The second kappa shape index (κ2) is 9.06. The monoisotopic (exact) mass is 449 g/mol. The van der Waals surface area contributed by atoms with E-state index in [2.05, 4.69) is 17.1 Å². The van der Waals surface area contributed by atoms with E-state index in [1.165, 1.54) is 70.4 Å². The molecule has 1 spiro atoms. The maximum Gasteiger partial charge on any atom is 0.193 e. The van der Waals surface area contributed by atoms with Crippen molar-refractivity contribution in [2.75, 3.05) is 39.9 Å². The normalized spacial score (nSPS) is 24.8. The number of halogens is 1. The van der Waals surface area contributed by atoms with Crippen LogP contribution in [-0.2, 0) is 4.74 Å². The van der Waals surface area contributed by atoms with Gasteiger partial charge in [0.1, 0.15) is 0 Å². The summed E-state index contributed by atoms with van der Waals surface area (Å²) in [5.41, 5.74) is 1.03.